The maximum absolute atomic E-state index is 11.8. The van der Waals surface area contributed by atoms with Crippen LogP contribution in [0.25, 0.3) is 6.08 Å². The van der Waals surface area contributed by atoms with Gasteiger partial charge in [-0.1, -0.05) is 5.16 Å². The largest absolute Gasteiger partial charge is 0.484 e. The minimum atomic E-state index is -0.664. The molecule has 1 heterocycles. The van der Waals surface area contributed by atoms with Crippen LogP contribution >= 0.6 is 0 Å². The summed E-state index contributed by atoms with van der Waals surface area (Å²) in [7, 11) is 0. The van der Waals surface area contributed by atoms with Gasteiger partial charge in [0.05, 0.1) is 6.20 Å². The van der Waals surface area contributed by atoms with E-state index in [-0.39, 0.29) is 12.4 Å². The normalized spacial score (nSPS) is 11.6. The van der Waals surface area contributed by atoms with Crippen molar-refractivity contribution in [2.75, 3.05) is 6.61 Å². The first-order chi connectivity index (χ1) is 12.9. The van der Waals surface area contributed by atoms with Gasteiger partial charge in [0, 0.05) is 29.4 Å². The first-order valence-electron chi connectivity index (χ1n) is 8.17. The fourth-order valence-electron chi connectivity index (χ4n) is 2.15. The molecule has 0 bridgehead atoms. The number of carbonyl (C=O) groups is 2. The van der Waals surface area contributed by atoms with Crippen molar-refractivity contribution < 1.29 is 19.2 Å². The van der Waals surface area contributed by atoms with Gasteiger partial charge in [0.1, 0.15) is 5.75 Å². The number of amidine groups is 1. The SMILES string of the molecule is CCn1ncc(/C=C/C(=O)O/N=C(\N)c2ccc(OCC(N)=O)cc2)c1C. The van der Waals surface area contributed by atoms with Crippen molar-refractivity contribution in [2.45, 2.75) is 20.4 Å². The highest BCUT2D eigenvalue weighted by Gasteiger charge is 2.05. The van der Waals surface area contributed by atoms with Gasteiger partial charge in [0.2, 0.25) is 0 Å². The zero-order valence-corrected chi connectivity index (χ0v) is 15.1. The Hall–Kier alpha value is -3.62. The van der Waals surface area contributed by atoms with Crippen molar-refractivity contribution in [3.05, 3.63) is 53.4 Å². The summed E-state index contributed by atoms with van der Waals surface area (Å²) in [6.07, 6.45) is 4.52. The van der Waals surface area contributed by atoms with Crippen LogP contribution in [0.2, 0.25) is 0 Å². The van der Waals surface area contributed by atoms with Gasteiger partial charge in [-0.25, -0.2) is 4.79 Å². The van der Waals surface area contributed by atoms with E-state index in [4.69, 9.17) is 21.0 Å². The molecule has 0 spiro atoms. The summed E-state index contributed by atoms with van der Waals surface area (Å²) >= 11 is 0. The molecule has 0 saturated heterocycles. The number of primary amides is 1. The molecule has 0 saturated carbocycles. The van der Waals surface area contributed by atoms with E-state index < -0.39 is 11.9 Å². The summed E-state index contributed by atoms with van der Waals surface area (Å²) in [5.74, 6) is -0.762. The molecule has 2 rings (SSSR count). The zero-order chi connectivity index (χ0) is 19.8. The van der Waals surface area contributed by atoms with Crippen LogP contribution < -0.4 is 16.2 Å². The van der Waals surface area contributed by atoms with E-state index in [0.29, 0.717) is 11.3 Å². The smallest absolute Gasteiger partial charge is 0.358 e. The van der Waals surface area contributed by atoms with E-state index in [0.717, 1.165) is 17.8 Å². The molecule has 9 heteroatoms. The molecule has 0 atom stereocenters. The molecule has 4 N–H and O–H groups in total. The van der Waals surface area contributed by atoms with Gasteiger partial charge in [0.25, 0.3) is 5.91 Å². The van der Waals surface area contributed by atoms with Crippen LogP contribution in [0, 0.1) is 6.92 Å². The van der Waals surface area contributed by atoms with Crippen molar-refractivity contribution >= 4 is 23.8 Å². The number of aryl methyl sites for hydroxylation is 1. The average Bonchev–Trinajstić information content (AvgIpc) is 3.02. The van der Waals surface area contributed by atoms with Crippen LogP contribution in [0.5, 0.6) is 5.75 Å². The number of oxime groups is 1. The molecular formula is C18H21N5O4. The summed E-state index contributed by atoms with van der Waals surface area (Å²) in [5.41, 5.74) is 13.1. The number of rotatable bonds is 8. The average molecular weight is 371 g/mol. The number of nitrogens with zero attached hydrogens (tertiary/aromatic N) is 3. The summed E-state index contributed by atoms with van der Waals surface area (Å²) in [6, 6.07) is 6.41. The number of amides is 1. The number of benzene rings is 1. The number of hydrogen-bond donors (Lipinski definition) is 2. The maximum Gasteiger partial charge on any atom is 0.358 e. The van der Waals surface area contributed by atoms with Crippen molar-refractivity contribution in [3.63, 3.8) is 0 Å². The lowest BCUT2D eigenvalue weighted by Gasteiger charge is -2.04. The summed E-state index contributed by atoms with van der Waals surface area (Å²) in [5, 5.41) is 7.80. The van der Waals surface area contributed by atoms with E-state index in [1.807, 2.05) is 18.5 Å². The van der Waals surface area contributed by atoms with Gasteiger partial charge in [0.15, 0.2) is 12.4 Å². The first-order valence-corrected chi connectivity index (χ1v) is 8.17. The van der Waals surface area contributed by atoms with Crippen molar-refractivity contribution in [3.8, 4) is 5.75 Å². The second kappa shape index (κ2) is 9.18. The summed E-state index contributed by atoms with van der Waals surface area (Å²) < 4.78 is 6.95. The lowest BCUT2D eigenvalue weighted by atomic mass is 10.2. The van der Waals surface area contributed by atoms with Gasteiger partial charge in [-0.05, 0) is 44.2 Å². The lowest BCUT2D eigenvalue weighted by Crippen LogP contribution is -2.20. The highest BCUT2D eigenvalue weighted by atomic mass is 16.7. The highest BCUT2D eigenvalue weighted by molar-refractivity contribution is 5.98. The third-order valence-electron chi connectivity index (χ3n) is 3.60. The first kappa shape index (κ1) is 19.7. The fraction of sp³-hybridized carbons (Fsp3) is 0.222. The highest BCUT2D eigenvalue weighted by Crippen LogP contribution is 2.12. The molecule has 142 valence electrons. The van der Waals surface area contributed by atoms with Crippen LogP contribution in [0.4, 0.5) is 0 Å². The Labute approximate surface area is 156 Å². The van der Waals surface area contributed by atoms with Crippen molar-refractivity contribution in [1.29, 1.82) is 0 Å². The van der Waals surface area contributed by atoms with Crippen LogP contribution in [0.1, 0.15) is 23.7 Å². The molecule has 0 aliphatic rings. The molecule has 0 unspecified atom stereocenters. The summed E-state index contributed by atoms with van der Waals surface area (Å²) in [4.78, 5) is 27.2. The Morgan fingerprint density at radius 1 is 1.26 bits per heavy atom. The van der Waals surface area contributed by atoms with Crippen molar-refractivity contribution in [2.24, 2.45) is 16.6 Å². The minimum Gasteiger partial charge on any atom is -0.484 e. The molecule has 0 aliphatic heterocycles. The number of hydrogen-bond acceptors (Lipinski definition) is 6. The van der Waals surface area contributed by atoms with Crippen LogP contribution in [-0.4, -0.2) is 34.1 Å². The predicted molar refractivity (Wildman–Crippen MR) is 99.6 cm³/mol. The van der Waals surface area contributed by atoms with E-state index in [1.54, 1.807) is 36.5 Å². The topological polar surface area (TPSA) is 135 Å². The van der Waals surface area contributed by atoms with Gasteiger partial charge in [-0.3, -0.25) is 9.48 Å². The van der Waals surface area contributed by atoms with Gasteiger partial charge < -0.3 is 21.0 Å². The van der Waals surface area contributed by atoms with E-state index in [1.165, 1.54) is 6.08 Å². The predicted octanol–water partition coefficient (Wildman–Crippen LogP) is 0.952. The monoisotopic (exact) mass is 371 g/mol. The Morgan fingerprint density at radius 3 is 2.56 bits per heavy atom. The quantitative estimate of drug-likeness (QED) is 0.233. The zero-order valence-electron chi connectivity index (χ0n) is 15.1. The van der Waals surface area contributed by atoms with Crippen LogP contribution in [-0.2, 0) is 21.0 Å². The second-order valence-electron chi connectivity index (χ2n) is 5.50. The molecule has 27 heavy (non-hydrogen) atoms. The van der Waals surface area contributed by atoms with E-state index in [2.05, 4.69) is 10.3 Å². The Bertz CT molecular complexity index is 868. The van der Waals surface area contributed by atoms with Crippen LogP contribution in [0.15, 0.2) is 41.7 Å². The van der Waals surface area contributed by atoms with Crippen LogP contribution in [0.3, 0.4) is 0 Å². The Balaban J connectivity index is 1.93. The second-order valence-corrected chi connectivity index (χ2v) is 5.50. The van der Waals surface area contributed by atoms with Gasteiger partial charge in [-0.2, -0.15) is 5.10 Å². The molecule has 0 aliphatic carbocycles. The molecule has 0 fully saturated rings. The molecule has 2 aromatic rings. The molecule has 1 aromatic heterocycles. The molecule has 1 aromatic carbocycles. The molecule has 1 amide bonds. The fourth-order valence-corrected chi connectivity index (χ4v) is 2.15. The van der Waals surface area contributed by atoms with Gasteiger partial charge >= 0.3 is 5.97 Å². The Kier molecular flexibility index (Phi) is 6.70. The third-order valence-corrected chi connectivity index (χ3v) is 3.60. The third kappa shape index (κ3) is 5.70. The number of ether oxygens (including phenoxy) is 1. The van der Waals surface area contributed by atoms with E-state index in [9.17, 15) is 9.59 Å². The molecule has 9 nitrogen and oxygen atoms in total. The van der Waals surface area contributed by atoms with Gasteiger partial charge in [-0.15, -0.1) is 0 Å². The minimum absolute atomic E-state index is 0.0215. The Morgan fingerprint density at radius 2 is 1.96 bits per heavy atom. The van der Waals surface area contributed by atoms with Crippen molar-refractivity contribution in [1.82, 2.24) is 9.78 Å². The number of carbonyl (C=O) groups excluding carboxylic acids is 2. The maximum atomic E-state index is 11.8. The standard InChI is InChI=1S/C18H21N5O4/c1-3-23-12(2)14(10-21-23)6-9-17(25)27-22-18(20)13-4-7-15(8-5-13)26-11-16(19)24/h4-10H,3,11H2,1-2H3,(H2,19,24)(H2,20,22)/b9-6+. The molecular weight excluding hydrogens is 350 g/mol. The lowest BCUT2D eigenvalue weighted by molar-refractivity contribution is -0.137. The summed E-state index contributed by atoms with van der Waals surface area (Å²) in [6.45, 7) is 4.42. The number of nitrogens with two attached hydrogens (primary N) is 2. The number of aromatic nitrogens is 2. The van der Waals surface area contributed by atoms with E-state index >= 15 is 0 Å². The molecule has 0 radical (unpaired) electrons.